The van der Waals surface area contributed by atoms with Gasteiger partial charge in [-0.1, -0.05) is 11.6 Å². The van der Waals surface area contributed by atoms with Gasteiger partial charge >= 0.3 is 0 Å². The highest BCUT2D eigenvalue weighted by molar-refractivity contribution is 6.31. The number of hydrogen-bond acceptors (Lipinski definition) is 5. The SMILES string of the molecule is COc1cc(/C=N\Nc2ccnc3cc(Cl)ccc23)ccc1O. The number of aromatic nitrogens is 1. The second kappa shape index (κ2) is 6.54. The predicted molar refractivity (Wildman–Crippen MR) is 92.6 cm³/mol. The molecule has 6 heteroatoms. The standard InChI is InChI=1S/C17H14ClN3O2/c1-23-17-8-11(2-5-16(17)22)10-20-21-14-6-7-19-15-9-12(18)3-4-13(14)15/h2-10,22H,1H3,(H,19,21)/b20-10-. The molecule has 1 aromatic heterocycles. The fourth-order valence-corrected chi connectivity index (χ4v) is 2.34. The molecule has 0 radical (unpaired) electrons. The summed E-state index contributed by atoms with van der Waals surface area (Å²) in [5.41, 5.74) is 5.41. The molecule has 0 unspecified atom stereocenters. The minimum Gasteiger partial charge on any atom is -0.504 e. The van der Waals surface area contributed by atoms with Crippen LogP contribution in [0.3, 0.4) is 0 Å². The van der Waals surface area contributed by atoms with Gasteiger partial charge in [0.25, 0.3) is 0 Å². The first-order valence-electron chi connectivity index (χ1n) is 6.88. The molecule has 5 nitrogen and oxygen atoms in total. The first-order chi connectivity index (χ1) is 11.2. The van der Waals surface area contributed by atoms with Crippen molar-refractivity contribution in [2.24, 2.45) is 5.10 Å². The third kappa shape index (κ3) is 3.35. The minimum atomic E-state index is 0.0922. The second-order valence-electron chi connectivity index (χ2n) is 4.82. The Morgan fingerprint density at radius 2 is 2.09 bits per heavy atom. The van der Waals surface area contributed by atoms with Crippen LogP contribution < -0.4 is 10.2 Å². The Hall–Kier alpha value is -2.79. The summed E-state index contributed by atoms with van der Waals surface area (Å²) in [4.78, 5) is 4.28. The summed E-state index contributed by atoms with van der Waals surface area (Å²) in [6, 6.07) is 12.3. The van der Waals surface area contributed by atoms with Crippen LogP contribution in [0.1, 0.15) is 5.56 Å². The lowest BCUT2D eigenvalue weighted by Crippen LogP contribution is -1.93. The van der Waals surface area contributed by atoms with E-state index < -0.39 is 0 Å². The van der Waals surface area contributed by atoms with E-state index in [1.807, 2.05) is 18.2 Å². The van der Waals surface area contributed by atoms with Gasteiger partial charge in [0.2, 0.25) is 0 Å². The van der Waals surface area contributed by atoms with Crippen molar-refractivity contribution in [3.05, 3.63) is 59.2 Å². The summed E-state index contributed by atoms with van der Waals surface area (Å²) in [5, 5.41) is 15.4. The molecule has 23 heavy (non-hydrogen) atoms. The third-order valence-corrected chi connectivity index (χ3v) is 3.54. The number of methoxy groups -OCH3 is 1. The van der Waals surface area contributed by atoms with Crippen LogP contribution in [0.5, 0.6) is 11.5 Å². The number of pyridine rings is 1. The normalized spacial score (nSPS) is 11.0. The van der Waals surface area contributed by atoms with Crippen LogP contribution >= 0.6 is 11.6 Å². The minimum absolute atomic E-state index is 0.0922. The lowest BCUT2D eigenvalue weighted by molar-refractivity contribution is 0.373. The quantitative estimate of drug-likeness (QED) is 0.560. The lowest BCUT2D eigenvalue weighted by Gasteiger charge is -2.06. The molecule has 0 fully saturated rings. The summed E-state index contributed by atoms with van der Waals surface area (Å²) in [6.07, 6.45) is 3.34. The number of ether oxygens (including phenoxy) is 1. The van der Waals surface area contributed by atoms with Crippen molar-refractivity contribution >= 4 is 34.4 Å². The number of rotatable bonds is 4. The van der Waals surface area contributed by atoms with Gasteiger partial charge in [0.05, 0.1) is 24.5 Å². The van der Waals surface area contributed by atoms with Crippen molar-refractivity contribution in [2.45, 2.75) is 0 Å². The highest BCUT2D eigenvalue weighted by atomic mass is 35.5. The van der Waals surface area contributed by atoms with Crippen molar-refractivity contribution in [1.29, 1.82) is 0 Å². The van der Waals surface area contributed by atoms with Crippen LogP contribution in [0.25, 0.3) is 10.9 Å². The molecule has 2 aromatic carbocycles. The number of nitrogens with one attached hydrogen (secondary N) is 1. The largest absolute Gasteiger partial charge is 0.504 e. The number of benzene rings is 2. The van der Waals surface area contributed by atoms with Crippen molar-refractivity contribution in [2.75, 3.05) is 12.5 Å². The summed E-state index contributed by atoms with van der Waals surface area (Å²) < 4.78 is 5.07. The van der Waals surface area contributed by atoms with E-state index in [-0.39, 0.29) is 5.75 Å². The monoisotopic (exact) mass is 327 g/mol. The van der Waals surface area contributed by atoms with E-state index in [2.05, 4.69) is 15.5 Å². The van der Waals surface area contributed by atoms with Crippen LogP contribution in [0.2, 0.25) is 5.02 Å². The van der Waals surface area contributed by atoms with Crippen molar-refractivity contribution in [1.82, 2.24) is 4.98 Å². The van der Waals surface area contributed by atoms with Gasteiger partial charge in [-0.05, 0) is 48.0 Å². The number of hydrazone groups is 1. The van der Waals surface area contributed by atoms with Gasteiger partial charge in [0.15, 0.2) is 11.5 Å². The maximum absolute atomic E-state index is 9.58. The number of fused-ring (bicyclic) bond motifs is 1. The van der Waals surface area contributed by atoms with E-state index in [9.17, 15) is 5.11 Å². The highest BCUT2D eigenvalue weighted by Gasteiger charge is 2.03. The Labute approximate surface area is 138 Å². The Bertz CT molecular complexity index is 881. The van der Waals surface area contributed by atoms with E-state index >= 15 is 0 Å². The number of halogens is 1. The van der Waals surface area contributed by atoms with Gasteiger partial charge in [0.1, 0.15) is 0 Å². The number of phenols is 1. The topological polar surface area (TPSA) is 66.7 Å². The molecule has 0 aliphatic rings. The number of phenolic OH excluding ortho intramolecular Hbond substituents is 1. The Balaban J connectivity index is 1.83. The number of nitrogens with zero attached hydrogens (tertiary/aromatic N) is 2. The van der Waals surface area contributed by atoms with Crippen molar-refractivity contribution < 1.29 is 9.84 Å². The number of hydrogen-bond donors (Lipinski definition) is 2. The second-order valence-corrected chi connectivity index (χ2v) is 5.26. The van der Waals surface area contributed by atoms with E-state index in [1.165, 1.54) is 7.11 Å². The van der Waals surface area contributed by atoms with Crippen molar-refractivity contribution in [3.63, 3.8) is 0 Å². The maximum atomic E-state index is 9.58. The Morgan fingerprint density at radius 1 is 1.22 bits per heavy atom. The smallest absolute Gasteiger partial charge is 0.161 e. The Morgan fingerprint density at radius 3 is 2.91 bits per heavy atom. The summed E-state index contributed by atoms with van der Waals surface area (Å²) in [5.74, 6) is 0.493. The van der Waals surface area contributed by atoms with Gasteiger partial charge in [-0.15, -0.1) is 0 Å². The fraction of sp³-hybridized carbons (Fsp3) is 0.0588. The third-order valence-electron chi connectivity index (χ3n) is 3.31. The molecule has 0 spiro atoms. The van der Waals surface area contributed by atoms with Gasteiger partial charge in [-0.2, -0.15) is 5.10 Å². The van der Waals surface area contributed by atoms with E-state index in [1.54, 1.807) is 36.7 Å². The van der Waals surface area contributed by atoms with Gasteiger partial charge in [0, 0.05) is 16.6 Å². The summed E-state index contributed by atoms with van der Waals surface area (Å²) in [7, 11) is 1.50. The molecular formula is C17H14ClN3O2. The molecule has 3 rings (SSSR count). The fourth-order valence-electron chi connectivity index (χ4n) is 2.17. The average molecular weight is 328 g/mol. The zero-order chi connectivity index (χ0) is 16.2. The molecular weight excluding hydrogens is 314 g/mol. The Kier molecular flexibility index (Phi) is 4.30. The molecule has 2 N–H and O–H groups in total. The lowest BCUT2D eigenvalue weighted by atomic mass is 10.2. The molecule has 0 atom stereocenters. The maximum Gasteiger partial charge on any atom is 0.161 e. The van der Waals surface area contributed by atoms with Crippen LogP contribution in [-0.4, -0.2) is 23.4 Å². The van der Waals surface area contributed by atoms with Gasteiger partial charge < -0.3 is 9.84 Å². The van der Waals surface area contributed by atoms with Crippen molar-refractivity contribution in [3.8, 4) is 11.5 Å². The molecule has 0 aliphatic heterocycles. The van der Waals surface area contributed by atoms with Crippen LogP contribution in [0, 0.1) is 0 Å². The molecule has 0 bridgehead atoms. The summed E-state index contributed by atoms with van der Waals surface area (Å²) >= 11 is 5.97. The number of aromatic hydroxyl groups is 1. The molecule has 116 valence electrons. The van der Waals surface area contributed by atoms with E-state index in [0.29, 0.717) is 10.8 Å². The van der Waals surface area contributed by atoms with Gasteiger partial charge in [-0.25, -0.2) is 0 Å². The average Bonchev–Trinajstić information content (AvgIpc) is 2.56. The first-order valence-corrected chi connectivity index (χ1v) is 7.25. The zero-order valence-corrected chi connectivity index (χ0v) is 13.1. The van der Waals surface area contributed by atoms with Crippen LogP contribution in [0.4, 0.5) is 5.69 Å². The van der Waals surface area contributed by atoms with Gasteiger partial charge in [-0.3, -0.25) is 10.4 Å². The van der Waals surface area contributed by atoms with E-state index in [0.717, 1.165) is 22.2 Å². The zero-order valence-electron chi connectivity index (χ0n) is 12.3. The van der Waals surface area contributed by atoms with Crippen LogP contribution in [0.15, 0.2) is 53.8 Å². The van der Waals surface area contributed by atoms with Crippen LogP contribution in [-0.2, 0) is 0 Å². The summed E-state index contributed by atoms with van der Waals surface area (Å²) in [6.45, 7) is 0. The molecule has 3 aromatic rings. The van der Waals surface area contributed by atoms with E-state index in [4.69, 9.17) is 16.3 Å². The molecule has 0 aliphatic carbocycles. The highest BCUT2D eigenvalue weighted by Crippen LogP contribution is 2.26. The molecule has 0 saturated carbocycles. The molecule has 0 amide bonds. The predicted octanol–water partition coefficient (Wildman–Crippen LogP) is 4.05. The molecule has 0 saturated heterocycles. The molecule has 1 heterocycles. The number of anilines is 1. The first kappa shape index (κ1) is 15.1.